The van der Waals surface area contributed by atoms with Gasteiger partial charge in [0, 0.05) is 12.1 Å². The molecule has 8 heteroatoms. The summed E-state index contributed by atoms with van der Waals surface area (Å²) in [6.07, 6.45) is 0. The Balaban J connectivity index is 2.18. The zero-order chi connectivity index (χ0) is 13.8. The predicted molar refractivity (Wildman–Crippen MR) is 70.7 cm³/mol. The molecule has 0 fully saturated rings. The molecule has 0 amide bonds. The summed E-state index contributed by atoms with van der Waals surface area (Å²) in [7, 11) is 4.84. The molecule has 2 aromatic rings. The summed E-state index contributed by atoms with van der Waals surface area (Å²) < 4.78 is 10.4. The summed E-state index contributed by atoms with van der Waals surface area (Å²) in [6, 6.07) is 3.45. The maximum atomic E-state index is 6.03. The van der Waals surface area contributed by atoms with Crippen LogP contribution in [0, 0.1) is 0 Å². The van der Waals surface area contributed by atoms with Crippen LogP contribution in [-0.2, 0) is 13.6 Å². The van der Waals surface area contributed by atoms with E-state index in [-0.39, 0.29) is 0 Å². The van der Waals surface area contributed by atoms with Crippen LogP contribution in [0.1, 0.15) is 5.82 Å². The SMILES string of the molecule is COc1cc(NCc2nnn(C)n2)c(OC)cc1Cl. The van der Waals surface area contributed by atoms with Crippen molar-refractivity contribution >= 4 is 17.3 Å². The normalized spacial score (nSPS) is 10.3. The number of benzene rings is 1. The van der Waals surface area contributed by atoms with E-state index in [2.05, 4.69) is 20.7 Å². The number of tetrazole rings is 1. The van der Waals surface area contributed by atoms with E-state index in [0.717, 1.165) is 5.69 Å². The average Bonchev–Trinajstić information content (AvgIpc) is 2.82. The molecular formula is C11H14ClN5O2. The molecule has 2 rings (SSSR count). The van der Waals surface area contributed by atoms with Crippen LogP contribution in [0.2, 0.25) is 5.02 Å². The van der Waals surface area contributed by atoms with Crippen molar-refractivity contribution < 1.29 is 9.47 Å². The van der Waals surface area contributed by atoms with Crippen molar-refractivity contribution in [2.24, 2.45) is 7.05 Å². The zero-order valence-corrected chi connectivity index (χ0v) is 11.6. The van der Waals surface area contributed by atoms with Crippen LogP contribution in [0.25, 0.3) is 0 Å². The maximum Gasteiger partial charge on any atom is 0.193 e. The molecule has 0 bridgehead atoms. The van der Waals surface area contributed by atoms with Gasteiger partial charge in [-0.2, -0.15) is 4.80 Å². The molecule has 102 valence electrons. The quantitative estimate of drug-likeness (QED) is 0.896. The minimum absolute atomic E-state index is 0.426. The molecule has 1 N–H and O–H groups in total. The Hall–Kier alpha value is -2.02. The standard InChI is InChI=1S/C11H14ClN5O2/c1-17-15-11(14-16-17)6-13-8-5-9(18-2)7(12)4-10(8)19-3/h4-5,13H,6H2,1-3H3. The number of nitrogens with one attached hydrogen (secondary N) is 1. The number of hydrogen-bond donors (Lipinski definition) is 1. The smallest absolute Gasteiger partial charge is 0.193 e. The van der Waals surface area contributed by atoms with Crippen molar-refractivity contribution in [3.05, 3.63) is 23.0 Å². The third kappa shape index (κ3) is 3.05. The highest BCUT2D eigenvalue weighted by Gasteiger charge is 2.10. The second kappa shape index (κ2) is 5.75. The molecule has 0 radical (unpaired) electrons. The highest BCUT2D eigenvalue weighted by atomic mass is 35.5. The fraction of sp³-hybridized carbons (Fsp3) is 0.364. The molecule has 0 atom stereocenters. The van der Waals surface area contributed by atoms with Gasteiger partial charge >= 0.3 is 0 Å². The van der Waals surface area contributed by atoms with Crippen LogP contribution in [0.15, 0.2) is 12.1 Å². The first-order valence-electron chi connectivity index (χ1n) is 5.52. The highest BCUT2D eigenvalue weighted by molar-refractivity contribution is 6.32. The number of hydrogen-bond acceptors (Lipinski definition) is 6. The van der Waals surface area contributed by atoms with Gasteiger partial charge in [-0.1, -0.05) is 11.6 Å². The summed E-state index contributed by atoms with van der Waals surface area (Å²) in [6.45, 7) is 0.426. The fourth-order valence-corrected chi connectivity index (χ4v) is 1.80. The van der Waals surface area contributed by atoms with Gasteiger partial charge in [0.2, 0.25) is 0 Å². The van der Waals surface area contributed by atoms with E-state index < -0.39 is 0 Å². The molecule has 7 nitrogen and oxygen atoms in total. The number of nitrogens with zero attached hydrogens (tertiary/aromatic N) is 4. The summed E-state index contributed by atoms with van der Waals surface area (Å²) in [5.41, 5.74) is 0.746. The minimum Gasteiger partial charge on any atom is -0.495 e. The van der Waals surface area contributed by atoms with Crippen LogP contribution >= 0.6 is 11.6 Å². The van der Waals surface area contributed by atoms with Crippen molar-refractivity contribution in [1.29, 1.82) is 0 Å². The number of halogens is 1. The van der Waals surface area contributed by atoms with E-state index in [0.29, 0.717) is 28.9 Å². The average molecular weight is 284 g/mol. The largest absolute Gasteiger partial charge is 0.495 e. The second-order valence-corrected chi connectivity index (χ2v) is 4.14. The number of ether oxygens (including phenoxy) is 2. The van der Waals surface area contributed by atoms with Crippen LogP contribution in [0.3, 0.4) is 0 Å². The highest BCUT2D eigenvalue weighted by Crippen LogP contribution is 2.35. The van der Waals surface area contributed by atoms with Crippen LogP contribution in [0.4, 0.5) is 5.69 Å². The number of aryl methyl sites for hydroxylation is 1. The second-order valence-electron chi connectivity index (χ2n) is 3.74. The number of aromatic nitrogens is 4. The third-order valence-corrected chi connectivity index (χ3v) is 2.76. The Morgan fingerprint density at radius 2 is 2.00 bits per heavy atom. The summed E-state index contributed by atoms with van der Waals surface area (Å²) in [5, 5.41) is 15.4. The first-order chi connectivity index (χ1) is 9.13. The molecule has 0 aliphatic rings. The van der Waals surface area contributed by atoms with Gasteiger partial charge in [-0.15, -0.1) is 10.2 Å². The van der Waals surface area contributed by atoms with E-state index >= 15 is 0 Å². The van der Waals surface area contributed by atoms with E-state index in [1.165, 1.54) is 4.80 Å². The Morgan fingerprint density at radius 1 is 1.26 bits per heavy atom. The Labute approximate surface area is 115 Å². The van der Waals surface area contributed by atoms with Crippen molar-refractivity contribution in [2.75, 3.05) is 19.5 Å². The van der Waals surface area contributed by atoms with Gasteiger partial charge in [0.25, 0.3) is 0 Å². The minimum atomic E-state index is 0.426. The van der Waals surface area contributed by atoms with E-state index in [9.17, 15) is 0 Å². The lowest BCUT2D eigenvalue weighted by Crippen LogP contribution is -2.04. The first kappa shape index (κ1) is 13.4. The summed E-state index contributed by atoms with van der Waals surface area (Å²) in [4.78, 5) is 1.40. The van der Waals surface area contributed by atoms with Gasteiger partial charge < -0.3 is 14.8 Å². The lowest BCUT2D eigenvalue weighted by atomic mass is 10.2. The number of anilines is 1. The molecule has 0 aliphatic heterocycles. The van der Waals surface area contributed by atoms with E-state index in [1.54, 1.807) is 33.4 Å². The van der Waals surface area contributed by atoms with Gasteiger partial charge in [0.15, 0.2) is 5.82 Å². The van der Waals surface area contributed by atoms with Crippen LogP contribution < -0.4 is 14.8 Å². The molecule has 0 saturated heterocycles. The van der Waals surface area contributed by atoms with Gasteiger partial charge in [-0.3, -0.25) is 0 Å². The fourth-order valence-electron chi connectivity index (χ4n) is 1.57. The topological polar surface area (TPSA) is 74.1 Å². The van der Waals surface area contributed by atoms with E-state index in [4.69, 9.17) is 21.1 Å². The molecule has 19 heavy (non-hydrogen) atoms. The van der Waals surface area contributed by atoms with Crippen molar-refractivity contribution in [1.82, 2.24) is 20.2 Å². The Morgan fingerprint density at radius 3 is 2.58 bits per heavy atom. The van der Waals surface area contributed by atoms with Crippen molar-refractivity contribution in [3.63, 3.8) is 0 Å². The molecule has 0 saturated carbocycles. The number of rotatable bonds is 5. The number of methoxy groups -OCH3 is 2. The molecule has 0 unspecified atom stereocenters. The Kier molecular flexibility index (Phi) is 4.06. The van der Waals surface area contributed by atoms with Gasteiger partial charge in [0.05, 0.1) is 38.5 Å². The lowest BCUT2D eigenvalue weighted by Gasteiger charge is -2.12. The van der Waals surface area contributed by atoms with Crippen LogP contribution in [0.5, 0.6) is 11.5 Å². The molecule has 0 spiro atoms. The predicted octanol–water partition coefficient (Wildman–Crippen LogP) is 1.49. The Bertz CT molecular complexity index is 572. The maximum absolute atomic E-state index is 6.03. The summed E-state index contributed by atoms with van der Waals surface area (Å²) >= 11 is 6.03. The van der Waals surface area contributed by atoms with Gasteiger partial charge in [-0.05, 0) is 5.21 Å². The van der Waals surface area contributed by atoms with Crippen LogP contribution in [-0.4, -0.2) is 34.4 Å². The third-order valence-electron chi connectivity index (χ3n) is 2.46. The lowest BCUT2D eigenvalue weighted by molar-refractivity contribution is 0.404. The van der Waals surface area contributed by atoms with Crippen molar-refractivity contribution in [2.45, 2.75) is 6.54 Å². The van der Waals surface area contributed by atoms with Gasteiger partial charge in [-0.25, -0.2) is 0 Å². The molecule has 0 aliphatic carbocycles. The van der Waals surface area contributed by atoms with E-state index in [1.807, 2.05) is 0 Å². The molecule has 1 heterocycles. The summed E-state index contributed by atoms with van der Waals surface area (Å²) in [5.74, 6) is 1.77. The zero-order valence-electron chi connectivity index (χ0n) is 10.8. The molecule has 1 aromatic heterocycles. The monoisotopic (exact) mass is 283 g/mol. The molecule has 1 aromatic carbocycles. The van der Waals surface area contributed by atoms with Crippen molar-refractivity contribution in [3.8, 4) is 11.5 Å². The van der Waals surface area contributed by atoms with Gasteiger partial charge in [0.1, 0.15) is 11.5 Å². The molecular weight excluding hydrogens is 270 g/mol. The first-order valence-corrected chi connectivity index (χ1v) is 5.90.